The third-order valence-corrected chi connectivity index (χ3v) is 5.09. The van der Waals surface area contributed by atoms with Crippen LogP contribution in [0.5, 0.6) is 11.5 Å². The van der Waals surface area contributed by atoms with Gasteiger partial charge in [-0.3, -0.25) is 4.79 Å². The first-order valence-corrected chi connectivity index (χ1v) is 9.25. The van der Waals surface area contributed by atoms with Gasteiger partial charge in [-0.15, -0.1) is 0 Å². The van der Waals surface area contributed by atoms with Crippen molar-refractivity contribution in [1.82, 2.24) is 0 Å². The molecule has 0 radical (unpaired) electrons. The first-order valence-electron chi connectivity index (χ1n) is 8.25. The molecule has 3 rings (SSSR count). The molecule has 1 atom stereocenters. The molecule has 0 fully saturated rings. The zero-order chi connectivity index (χ0) is 17.8. The van der Waals surface area contributed by atoms with Gasteiger partial charge in [0.2, 0.25) is 0 Å². The van der Waals surface area contributed by atoms with E-state index in [2.05, 4.69) is 19.1 Å². The predicted molar refractivity (Wildman–Crippen MR) is 113 cm³/mol. The Bertz CT molecular complexity index is 867. The number of ether oxygens (including phenoxy) is 1. The van der Waals surface area contributed by atoms with Crippen molar-refractivity contribution in [1.29, 1.82) is 0 Å². The Morgan fingerprint density at radius 1 is 0.808 bits per heavy atom. The molecule has 4 heteroatoms. The maximum atomic E-state index is 12.7. The number of hydrogen-bond acceptors (Lipinski definition) is 2. The molecule has 0 saturated carbocycles. The molecule has 1 unspecified atom stereocenters. The van der Waals surface area contributed by atoms with Crippen LogP contribution in [0.3, 0.4) is 0 Å². The normalized spacial score (nSPS) is 10.6. The molecule has 0 aliphatic carbocycles. The Balaban J connectivity index is 0.00000243. The van der Waals surface area contributed by atoms with Crippen LogP contribution in [0.4, 0.5) is 0 Å². The van der Waals surface area contributed by atoms with E-state index in [1.54, 1.807) is 0 Å². The summed E-state index contributed by atoms with van der Waals surface area (Å²) in [6, 6.07) is 21.6. The second-order valence-electron chi connectivity index (χ2n) is 6.17. The molecular formula is C22H22LiO2P. The predicted octanol–water partition coefficient (Wildman–Crippen LogP) is 4.90. The van der Waals surface area contributed by atoms with Crippen LogP contribution in [0.25, 0.3) is 0 Å². The van der Waals surface area contributed by atoms with Crippen LogP contribution in [0.15, 0.2) is 66.7 Å². The summed E-state index contributed by atoms with van der Waals surface area (Å²) in [7, 11) is 0.115. The van der Waals surface area contributed by atoms with Crippen LogP contribution in [0.2, 0.25) is 0 Å². The fraction of sp³-hybridized carbons (Fsp3) is 0.136. The first kappa shape index (κ1) is 20.5. The fourth-order valence-corrected chi connectivity index (χ4v) is 4.08. The van der Waals surface area contributed by atoms with Gasteiger partial charge in [0, 0.05) is 5.56 Å². The molecule has 0 spiro atoms. The summed E-state index contributed by atoms with van der Waals surface area (Å²) in [5, 5.41) is 1.02. The number of benzene rings is 3. The third-order valence-electron chi connectivity index (χ3n) is 4.00. The van der Waals surface area contributed by atoms with Crippen molar-refractivity contribution in [2.75, 3.05) is 0 Å². The number of rotatable bonds is 5. The molecule has 128 valence electrons. The minimum atomic E-state index is 0. The van der Waals surface area contributed by atoms with E-state index < -0.39 is 0 Å². The molecule has 0 aliphatic rings. The maximum absolute atomic E-state index is 12.7. The summed E-state index contributed by atoms with van der Waals surface area (Å²) >= 11 is 0. The SMILES string of the molecule is Cc1cc(C)c(C(=O)Pc2ccc(Oc3ccccc3)cc2)c(C)c1.[LiH]. The standard InChI is InChI=1S/C22H21O2P.Li.H/c1-15-13-16(2)21(17(3)14-15)22(23)25-20-11-9-19(10-12-20)24-18-7-5-4-6-8-18;;/h4-14,25H,1-3H3;;. The summed E-state index contributed by atoms with van der Waals surface area (Å²) < 4.78 is 5.79. The van der Waals surface area contributed by atoms with Crippen molar-refractivity contribution < 1.29 is 9.53 Å². The van der Waals surface area contributed by atoms with Crippen LogP contribution in [0.1, 0.15) is 27.0 Å². The van der Waals surface area contributed by atoms with Gasteiger partial charge >= 0.3 is 18.9 Å². The van der Waals surface area contributed by atoms with E-state index in [1.807, 2.05) is 68.4 Å². The van der Waals surface area contributed by atoms with Crippen molar-refractivity contribution in [3.63, 3.8) is 0 Å². The molecule has 26 heavy (non-hydrogen) atoms. The van der Waals surface area contributed by atoms with Crippen LogP contribution in [-0.2, 0) is 0 Å². The van der Waals surface area contributed by atoms with E-state index in [-0.39, 0.29) is 33.0 Å². The van der Waals surface area contributed by atoms with Crippen molar-refractivity contribution in [3.8, 4) is 11.5 Å². The molecule has 0 bridgehead atoms. The average Bonchev–Trinajstić information content (AvgIpc) is 2.56. The monoisotopic (exact) mass is 356 g/mol. The van der Waals surface area contributed by atoms with E-state index in [0.29, 0.717) is 0 Å². The van der Waals surface area contributed by atoms with Crippen LogP contribution in [-0.4, -0.2) is 24.4 Å². The summed E-state index contributed by atoms with van der Waals surface area (Å²) in [4.78, 5) is 12.7. The second-order valence-corrected chi connectivity index (χ2v) is 7.45. The van der Waals surface area contributed by atoms with E-state index in [4.69, 9.17) is 4.74 Å². The number of aryl methyl sites for hydroxylation is 3. The number of carbonyl (C=O) groups is 1. The second kappa shape index (κ2) is 9.20. The summed E-state index contributed by atoms with van der Waals surface area (Å²) in [5.74, 6) is 1.58. The van der Waals surface area contributed by atoms with Gasteiger partial charge in [-0.1, -0.05) is 48.0 Å². The van der Waals surface area contributed by atoms with E-state index in [0.717, 1.165) is 33.5 Å². The Kier molecular flexibility index (Phi) is 7.24. The number of hydrogen-bond donors (Lipinski definition) is 0. The van der Waals surface area contributed by atoms with E-state index >= 15 is 0 Å². The average molecular weight is 356 g/mol. The Hall–Kier alpha value is -1.84. The van der Waals surface area contributed by atoms with Crippen molar-refractivity contribution in [2.24, 2.45) is 0 Å². The molecule has 0 amide bonds. The number of carbonyl (C=O) groups excluding carboxylic acids is 1. The minimum absolute atomic E-state index is 0. The van der Waals surface area contributed by atoms with Crippen LogP contribution in [0, 0.1) is 20.8 Å². The number of para-hydroxylation sites is 1. The van der Waals surface area contributed by atoms with Crippen LogP contribution >= 0.6 is 8.58 Å². The molecular weight excluding hydrogens is 334 g/mol. The first-order chi connectivity index (χ1) is 12.0. The molecule has 0 saturated heterocycles. The molecule has 0 aromatic heterocycles. The zero-order valence-corrected chi connectivity index (χ0v) is 15.7. The third kappa shape index (κ3) is 5.09. The quantitative estimate of drug-likeness (QED) is 0.480. The van der Waals surface area contributed by atoms with E-state index in [1.165, 1.54) is 5.56 Å². The summed E-state index contributed by atoms with van der Waals surface area (Å²) in [5.41, 5.74) is 4.34. The van der Waals surface area contributed by atoms with Crippen LogP contribution < -0.4 is 10.0 Å². The summed E-state index contributed by atoms with van der Waals surface area (Å²) in [6.45, 7) is 6.07. The van der Waals surface area contributed by atoms with Gasteiger partial charge in [0.1, 0.15) is 11.5 Å². The Morgan fingerprint density at radius 3 is 1.92 bits per heavy atom. The van der Waals surface area contributed by atoms with Gasteiger partial charge in [-0.25, -0.2) is 0 Å². The van der Waals surface area contributed by atoms with E-state index in [9.17, 15) is 4.79 Å². The molecule has 3 aromatic rings. The van der Waals surface area contributed by atoms with Gasteiger partial charge in [0.25, 0.3) is 0 Å². The molecule has 2 nitrogen and oxygen atoms in total. The van der Waals surface area contributed by atoms with Gasteiger partial charge in [-0.05, 0) is 70.0 Å². The van der Waals surface area contributed by atoms with Gasteiger partial charge in [0.15, 0.2) is 5.52 Å². The van der Waals surface area contributed by atoms with Gasteiger partial charge < -0.3 is 4.74 Å². The van der Waals surface area contributed by atoms with Crippen molar-refractivity contribution >= 4 is 38.3 Å². The molecule has 3 aromatic carbocycles. The molecule has 0 heterocycles. The van der Waals surface area contributed by atoms with Crippen molar-refractivity contribution in [3.05, 3.63) is 89.0 Å². The fourth-order valence-electron chi connectivity index (χ4n) is 2.96. The molecule has 0 aliphatic heterocycles. The molecule has 0 N–H and O–H groups in total. The zero-order valence-electron chi connectivity index (χ0n) is 14.7. The van der Waals surface area contributed by atoms with Crippen molar-refractivity contribution in [2.45, 2.75) is 20.8 Å². The summed E-state index contributed by atoms with van der Waals surface area (Å²) in [6.07, 6.45) is 0. The Labute approximate surface area is 168 Å². The Morgan fingerprint density at radius 2 is 1.35 bits per heavy atom. The van der Waals surface area contributed by atoms with Gasteiger partial charge in [0.05, 0.1) is 0 Å². The topological polar surface area (TPSA) is 26.3 Å². The van der Waals surface area contributed by atoms with Gasteiger partial charge in [-0.2, -0.15) is 0 Å².